The van der Waals surface area contributed by atoms with Crippen molar-refractivity contribution >= 4 is 28.4 Å². The molecule has 0 spiro atoms. The number of halogens is 1. The lowest BCUT2D eigenvalue weighted by molar-refractivity contribution is 0.0929. The fourth-order valence-corrected chi connectivity index (χ4v) is 2.84. The highest BCUT2D eigenvalue weighted by Crippen LogP contribution is 2.21. The van der Waals surface area contributed by atoms with Crippen molar-refractivity contribution in [1.29, 1.82) is 0 Å². The number of aryl methyl sites for hydroxylation is 1. The Kier molecular flexibility index (Phi) is 4.39. The first-order valence-electron chi connectivity index (χ1n) is 7.65. The van der Waals surface area contributed by atoms with Crippen molar-refractivity contribution in [3.63, 3.8) is 0 Å². The molecule has 1 unspecified atom stereocenters. The number of nitrogens with one attached hydrogen (secondary N) is 2. The highest BCUT2D eigenvalue weighted by molar-refractivity contribution is 6.31. The third-order valence-electron chi connectivity index (χ3n) is 3.80. The summed E-state index contributed by atoms with van der Waals surface area (Å²) in [5.74, 6) is -0.138. The van der Waals surface area contributed by atoms with Crippen molar-refractivity contribution in [3.05, 3.63) is 52.9 Å². The minimum absolute atomic E-state index is 0.0938. The van der Waals surface area contributed by atoms with E-state index in [-0.39, 0.29) is 11.9 Å². The predicted molar refractivity (Wildman–Crippen MR) is 91.6 cm³/mol. The first-order valence-corrected chi connectivity index (χ1v) is 8.03. The number of amides is 1. The van der Waals surface area contributed by atoms with Crippen LogP contribution in [0.3, 0.4) is 0 Å². The standard InChI is InChI=1S/C17H19ClN4O/c1-3-4-14(15-7-8-22(2)21-15)20-17(23)16-10-11-9-12(18)5-6-13(11)19-16/h5-10,14,19H,3-4H2,1-2H3,(H,20,23). The molecule has 6 heteroatoms. The van der Waals surface area contributed by atoms with E-state index in [2.05, 4.69) is 22.3 Å². The van der Waals surface area contributed by atoms with Crippen LogP contribution in [0.5, 0.6) is 0 Å². The lowest BCUT2D eigenvalue weighted by atomic mass is 10.1. The molecule has 0 saturated heterocycles. The van der Waals surface area contributed by atoms with E-state index in [1.807, 2.05) is 37.5 Å². The van der Waals surface area contributed by atoms with Crippen LogP contribution in [0.2, 0.25) is 5.02 Å². The molecule has 0 saturated carbocycles. The third kappa shape index (κ3) is 3.40. The van der Waals surface area contributed by atoms with Gasteiger partial charge in [0.2, 0.25) is 0 Å². The Labute approximate surface area is 139 Å². The molecular formula is C17H19ClN4O. The summed E-state index contributed by atoms with van der Waals surface area (Å²) in [5.41, 5.74) is 2.30. The Hall–Kier alpha value is -2.27. The van der Waals surface area contributed by atoms with E-state index in [1.54, 1.807) is 10.7 Å². The number of hydrogen-bond donors (Lipinski definition) is 2. The van der Waals surface area contributed by atoms with Crippen LogP contribution in [0.4, 0.5) is 0 Å². The Morgan fingerprint density at radius 3 is 2.91 bits per heavy atom. The molecule has 2 heterocycles. The summed E-state index contributed by atoms with van der Waals surface area (Å²) < 4.78 is 1.75. The number of nitrogens with zero attached hydrogens (tertiary/aromatic N) is 2. The second-order valence-electron chi connectivity index (χ2n) is 5.64. The van der Waals surface area contributed by atoms with Crippen molar-refractivity contribution in [2.45, 2.75) is 25.8 Å². The van der Waals surface area contributed by atoms with Crippen molar-refractivity contribution < 1.29 is 4.79 Å². The zero-order chi connectivity index (χ0) is 16.4. The van der Waals surface area contributed by atoms with Crippen LogP contribution >= 0.6 is 11.6 Å². The maximum Gasteiger partial charge on any atom is 0.268 e. The van der Waals surface area contributed by atoms with Gasteiger partial charge >= 0.3 is 0 Å². The minimum atomic E-state index is -0.138. The van der Waals surface area contributed by atoms with Crippen molar-refractivity contribution in [2.24, 2.45) is 7.05 Å². The molecule has 0 aliphatic heterocycles. The van der Waals surface area contributed by atoms with E-state index in [1.165, 1.54) is 0 Å². The molecule has 0 bridgehead atoms. The van der Waals surface area contributed by atoms with E-state index in [9.17, 15) is 4.79 Å². The highest BCUT2D eigenvalue weighted by Gasteiger charge is 2.18. The Morgan fingerprint density at radius 2 is 2.22 bits per heavy atom. The van der Waals surface area contributed by atoms with Crippen molar-refractivity contribution in [1.82, 2.24) is 20.1 Å². The molecule has 0 aliphatic carbocycles. The molecule has 5 nitrogen and oxygen atoms in total. The number of aromatic amines is 1. The average Bonchev–Trinajstić information content (AvgIpc) is 3.12. The van der Waals surface area contributed by atoms with Gasteiger partial charge in [-0.05, 0) is 36.8 Å². The highest BCUT2D eigenvalue weighted by atomic mass is 35.5. The molecule has 3 rings (SSSR count). The van der Waals surface area contributed by atoms with Gasteiger partial charge in [0.1, 0.15) is 5.69 Å². The van der Waals surface area contributed by atoms with Crippen LogP contribution in [0.25, 0.3) is 10.9 Å². The van der Waals surface area contributed by atoms with Crippen molar-refractivity contribution in [3.8, 4) is 0 Å². The molecule has 0 radical (unpaired) electrons. The normalized spacial score (nSPS) is 12.5. The van der Waals surface area contributed by atoms with E-state index < -0.39 is 0 Å². The summed E-state index contributed by atoms with van der Waals surface area (Å²) in [7, 11) is 1.87. The zero-order valence-corrected chi connectivity index (χ0v) is 13.9. The molecule has 0 fully saturated rings. The minimum Gasteiger partial charge on any atom is -0.351 e. The first kappa shape index (κ1) is 15.6. The maximum absolute atomic E-state index is 12.6. The summed E-state index contributed by atoms with van der Waals surface area (Å²) in [6, 6.07) is 9.17. The number of benzene rings is 1. The number of H-pyrrole nitrogens is 1. The van der Waals surface area contributed by atoms with Gasteiger partial charge in [-0.1, -0.05) is 24.9 Å². The number of aromatic nitrogens is 3. The fourth-order valence-electron chi connectivity index (χ4n) is 2.66. The monoisotopic (exact) mass is 330 g/mol. The van der Waals surface area contributed by atoms with Gasteiger partial charge in [-0.3, -0.25) is 9.48 Å². The molecule has 120 valence electrons. The van der Waals surface area contributed by atoms with Crippen LogP contribution in [-0.4, -0.2) is 20.7 Å². The van der Waals surface area contributed by atoms with Gasteiger partial charge in [0, 0.05) is 29.2 Å². The predicted octanol–water partition coefficient (Wildman–Crippen LogP) is 3.83. The smallest absolute Gasteiger partial charge is 0.268 e. The lowest BCUT2D eigenvalue weighted by Crippen LogP contribution is -2.29. The van der Waals surface area contributed by atoms with E-state index in [0.29, 0.717) is 10.7 Å². The molecule has 1 aromatic carbocycles. The van der Waals surface area contributed by atoms with Gasteiger partial charge in [-0.2, -0.15) is 5.10 Å². The second-order valence-corrected chi connectivity index (χ2v) is 6.08. The summed E-state index contributed by atoms with van der Waals surface area (Å²) in [5, 5.41) is 9.04. The molecule has 3 aromatic rings. The van der Waals surface area contributed by atoms with Gasteiger partial charge in [0.15, 0.2) is 0 Å². The number of rotatable bonds is 5. The topological polar surface area (TPSA) is 62.7 Å². The number of hydrogen-bond acceptors (Lipinski definition) is 2. The van der Waals surface area contributed by atoms with E-state index in [0.717, 1.165) is 29.4 Å². The van der Waals surface area contributed by atoms with Gasteiger partial charge in [0.05, 0.1) is 11.7 Å². The van der Waals surface area contributed by atoms with Gasteiger partial charge in [0.25, 0.3) is 5.91 Å². The number of fused-ring (bicyclic) bond motifs is 1. The van der Waals surface area contributed by atoms with Crippen molar-refractivity contribution in [2.75, 3.05) is 0 Å². The number of carbonyl (C=O) groups excluding carboxylic acids is 1. The first-order chi connectivity index (χ1) is 11.1. The van der Waals surface area contributed by atoms with Gasteiger partial charge < -0.3 is 10.3 Å². The maximum atomic E-state index is 12.6. The van der Waals surface area contributed by atoms with Crippen LogP contribution < -0.4 is 5.32 Å². The van der Waals surface area contributed by atoms with Crippen LogP contribution in [-0.2, 0) is 7.05 Å². The average molecular weight is 331 g/mol. The molecule has 1 amide bonds. The molecule has 23 heavy (non-hydrogen) atoms. The summed E-state index contributed by atoms with van der Waals surface area (Å²) in [6.45, 7) is 2.09. The Balaban J connectivity index is 1.82. The lowest BCUT2D eigenvalue weighted by Gasteiger charge is -2.15. The van der Waals surface area contributed by atoms with Crippen LogP contribution in [0.1, 0.15) is 42.0 Å². The van der Waals surface area contributed by atoms with Gasteiger partial charge in [-0.25, -0.2) is 0 Å². The molecule has 2 N–H and O–H groups in total. The quantitative estimate of drug-likeness (QED) is 0.747. The molecule has 0 aliphatic rings. The molecule has 2 aromatic heterocycles. The van der Waals surface area contributed by atoms with Gasteiger partial charge in [-0.15, -0.1) is 0 Å². The largest absolute Gasteiger partial charge is 0.351 e. The summed E-state index contributed by atoms with van der Waals surface area (Å²) in [6.07, 6.45) is 3.69. The Bertz CT molecular complexity index is 836. The second kappa shape index (κ2) is 6.46. The fraction of sp³-hybridized carbons (Fsp3) is 0.294. The third-order valence-corrected chi connectivity index (χ3v) is 4.04. The number of carbonyl (C=O) groups is 1. The molecular weight excluding hydrogens is 312 g/mol. The van der Waals surface area contributed by atoms with E-state index >= 15 is 0 Å². The van der Waals surface area contributed by atoms with E-state index in [4.69, 9.17) is 11.6 Å². The van der Waals surface area contributed by atoms with Crippen LogP contribution in [0.15, 0.2) is 36.5 Å². The summed E-state index contributed by atoms with van der Waals surface area (Å²) >= 11 is 5.99. The zero-order valence-electron chi connectivity index (χ0n) is 13.1. The summed E-state index contributed by atoms with van der Waals surface area (Å²) in [4.78, 5) is 15.7. The molecule has 1 atom stereocenters. The van der Waals surface area contributed by atoms with Crippen LogP contribution in [0, 0.1) is 0 Å². The SMILES string of the molecule is CCCC(NC(=O)c1cc2cc(Cl)ccc2[nH]1)c1ccn(C)n1. The Morgan fingerprint density at radius 1 is 1.39 bits per heavy atom.